The van der Waals surface area contributed by atoms with Crippen LogP contribution in [0.15, 0.2) is 69.6 Å². The molecule has 3 nitrogen and oxygen atoms in total. The SMILES string of the molecule is COc1cc([C@@H]2Nc3c(F)cc(Br)cc3[C@@H]3C=CC[C@H]32)cc(Br)c1OCc1ccc(Cl)cc1. The van der Waals surface area contributed by atoms with Gasteiger partial charge in [0.25, 0.3) is 0 Å². The van der Waals surface area contributed by atoms with Crippen molar-refractivity contribution in [1.82, 2.24) is 0 Å². The fraction of sp³-hybridized carbons (Fsp3) is 0.231. The highest BCUT2D eigenvalue weighted by molar-refractivity contribution is 9.10. The molecule has 0 saturated heterocycles. The number of fused-ring (bicyclic) bond motifs is 3. The summed E-state index contributed by atoms with van der Waals surface area (Å²) in [6.07, 6.45) is 5.30. The van der Waals surface area contributed by atoms with E-state index in [9.17, 15) is 4.39 Å². The van der Waals surface area contributed by atoms with Crippen molar-refractivity contribution in [1.29, 1.82) is 0 Å². The van der Waals surface area contributed by atoms with Crippen LogP contribution in [0.4, 0.5) is 10.1 Å². The van der Waals surface area contributed by atoms with E-state index in [0.717, 1.165) is 32.1 Å². The number of allylic oxidation sites excluding steroid dienone is 2. The molecule has 1 aliphatic carbocycles. The van der Waals surface area contributed by atoms with Gasteiger partial charge in [0.15, 0.2) is 11.5 Å². The molecule has 7 heteroatoms. The normalized spacial score (nSPS) is 20.7. The Morgan fingerprint density at radius 2 is 1.91 bits per heavy atom. The molecule has 170 valence electrons. The quantitative estimate of drug-likeness (QED) is 0.301. The third-order valence-corrected chi connectivity index (χ3v) is 7.59. The van der Waals surface area contributed by atoms with Crippen molar-refractivity contribution in [3.63, 3.8) is 0 Å². The maximum atomic E-state index is 14.9. The highest BCUT2D eigenvalue weighted by Crippen LogP contribution is 2.52. The zero-order chi connectivity index (χ0) is 23.1. The third kappa shape index (κ3) is 4.41. The summed E-state index contributed by atoms with van der Waals surface area (Å²) in [5, 5.41) is 4.16. The predicted octanol–water partition coefficient (Wildman–Crippen LogP) is 8.42. The first-order valence-corrected chi connectivity index (χ1v) is 12.6. The molecule has 0 saturated carbocycles. The Balaban J connectivity index is 1.47. The second-order valence-electron chi connectivity index (χ2n) is 8.28. The lowest BCUT2D eigenvalue weighted by Crippen LogP contribution is -2.29. The van der Waals surface area contributed by atoms with Crippen molar-refractivity contribution in [3.05, 3.63) is 97.2 Å². The van der Waals surface area contributed by atoms with Gasteiger partial charge in [-0.15, -0.1) is 0 Å². The van der Waals surface area contributed by atoms with Gasteiger partial charge >= 0.3 is 0 Å². The first-order valence-electron chi connectivity index (χ1n) is 10.6. The van der Waals surface area contributed by atoms with E-state index in [1.165, 1.54) is 6.07 Å². The van der Waals surface area contributed by atoms with E-state index in [4.69, 9.17) is 21.1 Å². The number of nitrogens with one attached hydrogen (secondary N) is 1. The monoisotopic (exact) mass is 591 g/mol. The van der Waals surface area contributed by atoms with E-state index in [-0.39, 0.29) is 23.7 Å². The summed E-state index contributed by atoms with van der Waals surface area (Å²) >= 11 is 13.1. The van der Waals surface area contributed by atoms with Crippen LogP contribution < -0.4 is 14.8 Å². The zero-order valence-corrected chi connectivity index (χ0v) is 21.7. The first kappa shape index (κ1) is 22.8. The summed E-state index contributed by atoms with van der Waals surface area (Å²) in [4.78, 5) is 0. The minimum Gasteiger partial charge on any atom is -0.493 e. The van der Waals surface area contributed by atoms with Gasteiger partial charge in [-0.25, -0.2) is 4.39 Å². The maximum absolute atomic E-state index is 14.9. The predicted molar refractivity (Wildman–Crippen MR) is 137 cm³/mol. The topological polar surface area (TPSA) is 30.5 Å². The summed E-state index contributed by atoms with van der Waals surface area (Å²) < 4.78 is 28.2. The molecule has 3 atom stereocenters. The number of benzene rings is 3. The molecule has 1 N–H and O–H groups in total. The van der Waals surface area contributed by atoms with Gasteiger partial charge in [-0.2, -0.15) is 0 Å². The number of anilines is 1. The summed E-state index contributed by atoms with van der Waals surface area (Å²) in [7, 11) is 1.63. The van der Waals surface area contributed by atoms with Crippen LogP contribution in [0.2, 0.25) is 5.02 Å². The standard InChI is InChI=1S/C26H21Br2ClFNO2/c1-32-23-10-15(9-21(28)26(23)33-13-14-5-7-17(29)8-6-14)24-19-4-2-3-18(19)20-11-16(27)12-22(30)25(20)31-24/h2-3,5-12,18-19,24,31H,4,13H2,1H3/t18-,19-,24+/m1/s1. The van der Waals surface area contributed by atoms with Crippen LogP contribution in [0, 0.1) is 11.7 Å². The number of halogens is 4. The van der Waals surface area contributed by atoms with E-state index in [0.29, 0.717) is 28.8 Å². The molecule has 1 aliphatic heterocycles. The number of methoxy groups -OCH3 is 1. The lowest BCUT2D eigenvalue weighted by atomic mass is 9.77. The largest absolute Gasteiger partial charge is 0.493 e. The van der Waals surface area contributed by atoms with Crippen molar-refractivity contribution in [2.24, 2.45) is 5.92 Å². The molecule has 2 aliphatic rings. The smallest absolute Gasteiger partial charge is 0.175 e. The Hall–Kier alpha value is -2.02. The van der Waals surface area contributed by atoms with Crippen molar-refractivity contribution >= 4 is 49.1 Å². The van der Waals surface area contributed by atoms with Crippen LogP contribution in [0.25, 0.3) is 0 Å². The van der Waals surface area contributed by atoms with E-state index < -0.39 is 0 Å². The van der Waals surface area contributed by atoms with Gasteiger partial charge in [0, 0.05) is 15.4 Å². The van der Waals surface area contributed by atoms with Crippen LogP contribution in [0.3, 0.4) is 0 Å². The van der Waals surface area contributed by atoms with Crippen LogP contribution in [-0.2, 0) is 6.61 Å². The van der Waals surface area contributed by atoms with Gasteiger partial charge in [0.2, 0.25) is 0 Å². The fourth-order valence-corrected chi connectivity index (χ4v) is 5.89. The van der Waals surface area contributed by atoms with Crippen LogP contribution in [-0.4, -0.2) is 7.11 Å². The number of hydrogen-bond donors (Lipinski definition) is 1. The summed E-state index contributed by atoms with van der Waals surface area (Å²) in [5.74, 6) is 1.44. The summed E-state index contributed by atoms with van der Waals surface area (Å²) in [6.45, 7) is 0.384. The molecule has 0 unspecified atom stereocenters. The van der Waals surface area contributed by atoms with Crippen LogP contribution >= 0.6 is 43.5 Å². The molecular formula is C26H21Br2ClFNO2. The molecule has 1 heterocycles. The molecule has 3 aromatic carbocycles. The van der Waals surface area contributed by atoms with E-state index in [1.54, 1.807) is 7.11 Å². The molecule has 0 spiro atoms. The molecule has 33 heavy (non-hydrogen) atoms. The van der Waals surface area contributed by atoms with E-state index in [1.807, 2.05) is 42.5 Å². The van der Waals surface area contributed by atoms with Crippen LogP contribution in [0.1, 0.15) is 35.1 Å². The van der Waals surface area contributed by atoms with E-state index >= 15 is 0 Å². The van der Waals surface area contributed by atoms with Gasteiger partial charge in [-0.1, -0.05) is 51.8 Å². The van der Waals surface area contributed by atoms with Gasteiger partial charge in [0.05, 0.1) is 23.3 Å². The van der Waals surface area contributed by atoms with Crippen molar-refractivity contribution in [3.8, 4) is 11.5 Å². The third-order valence-electron chi connectivity index (χ3n) is 6.29. The molecule has 5 rings (SSSR count). The molecule has 0 radical (unpaired) electrons. The Labute approximate surface area is 214 Å². The molecule has 3 aromatic rings. The average molecular weight is 594 g/mol. The fourth-order valence-electron chi connectivity index (χ4n) is 4.75. The van der Waals surface area contributed by atoms with Gasteiger partial charge in [0.1, 0.15) is 12.4 Å². The number of ether oxygens (including phenoxy) is 2. The van der Waals surface area contributed by atoms with Crippen molar-refractivity contribution in [2.75, 3.05) is 12.4 Å². The van der Waals surface area contributed by atoms with Crippen molar-refractivity contribution < 1.29 is 13.9 Å². The van der Waals surface area contributed by atoms with Crippen LogP contribution in [0.5, 0.6) is 11.5 Å². The molecular weight excluding hydrogens is 573 g/mol. The van der Waals surface area contributed by atoms with E-state index in [2.05, 4.69) is 49.3 Å². The summed E-state index contributed by atoms with van der Waals surface area (Å²) in [6, 6.07) is 15.0. The maximum Gasteiger partial charge on any atom is 0.175 e. The summed E-state index contributed by atoms with van der Waals surface area (Å²) in [5.41, 5.74) is 3.58. The highest BCUT2D eigenvalue weighted by Gasteiger charge is 2.39. The highest BCUT2D eigenvalue weighted by atomic mass is 79.9. The van der Waals surface area contributed by atoms with Gasteiger partial charge in [-0.05, 0) is 81.4 Å². The Bertz CT molecular complexity index is 1230. The Morgan fingerprint density at radius 1 is 1.12 bits per heavy atom. The molecule has 0 aromatic heterocycles. The molecule has 0 fully saturated rings. The Kier molecular flexibility index (Phi) is 6.43. The zero-order valence-electron chi connectivity index (χ0n) is 17.7. The van der Waals surface area contributed by atoms with Crippen molar-refractivity contribution in [2.45, 2.75) is 25.0 Å². The average Bonchev–Trinajstić information content (AvgIpc) is 3.29. The first-order chi connectivity index (χ1) is 15.9. The second-order valence-corrected chi connectivity index (χ2v) is 10.5. The molecule has 0 bridgehead atoms. The van der Waals surface area contributed by atoms with Gasteiger partial charge in [-0.3, -0.25) is 0 Å². The molecule has 0 amide bonds. The number of hydrogen-bond acceptors (Lipinski definition) is 3. The second kappa shape index (κ2) is 9.32. The van der Waals surface area contributed by atoms with Gasteiger partial charge < -0.3 is 14.8 Å². The lowest BCUT2D eigenvalue weighted by Gasteiger charge is -2.38. The Morgan fingerprint density at radius 3 is 2.67 bits per heavy atom. The number of rotatable bonds is 5. The minimum absolute atomic E-state index is 0.0660. The lowest BCUT2D eigenvalue weighted by molar-refractivity contribution is 0.282. The minimum atomic E-state index is -0.253.